The number of nitrogens with two attached hydrogens (primary N) is 1. The van der Waals surface area contributed by atoms with Gasteiger partial charge in [-0.25, -0.2) is 11.1 Å². The summed E-state index contributed by atoms with van der Waals surface area (Å²) in [6.45, 7) is 2.04. The van der Waals surface area contributed by atoms with Crippen molar-refractivity contribution in [3.05, 3.63) is 29.1 Å². The van der Waals surface area contributed by atoms with Gasteiger partial charge in [0.1, 0.15) is 0 Å². The second-order valence-electron chi connectivity index (χ2n) is 3.31. The Kier molecular flexibility index (Phi) is 2.07. The highest BCUT2D eigenvalue weighted by molar-refractivity contribution is 8.14. The van der Waals surface area contributed by atoms with Crippen molar-refractivity contribution >= 4 is 11.1 Å². The summed E-state index contributed by atoms with van der Waals surface area (Å²) in [5, 5.41) is 5.92. The molecule has 0 saturated carbocycles. The summed E-state index contributed by atoms with van der Waals surface area (Å²) in [7, 11) is 0. The van der Waals surface area contributed by atoms with Crippen molar-refractivity contribution in [1.82, 2.24) is 4.98 Å². The quantitative estimate of drug-likeness (QED) is 0.594. The Hall–Kier alpha value is -0.540. The normalized spacial score (nSPS) is 25.0. The Morgan fingerprint density at radius 1 is 1.50 bits per heavy atom. The minimum Gasteiger partial charge on any atom is -0.296 e. The van der Waals surface area contributed by atoms with Crippen LogP contribution in [-0.2, 0) is 12.2 Å². The molecule has 2 nitrogen and oxygen atoms in total. The van der Waals surface area contributed by atoms with E-state index in [1.165, 1.54) is 16.9 Å². The SMILES string of the molecule is Cc1cc2c(cn1)C[SH](N)CC2. The first-order chi connectivity index (χ1) is 5.75. The largest absolute Gasteiger partial charge is 0.296 e. The second-order valence-corrected chi connectivity index (χ2v) is 5.26. The van der Waals surface area contributed by atoms with Gasteiger partial charge >= 0.3 is 0 Å². The first-order valence-electron chi connectivity index (χ1n) is 4.20. The van der Waals surface area contributed by atoms with Gasteiger partial charge in [-0.1, -0.05) is 0 Å². The summed E-state index contributed by atoms with van der Waals surface area (Å²) in [5.41, 5.74) is 3.96. The van der Waals surface area contributed by atoms with Crippen LogP contribution in [0.5, 0.6) is 0 Å². The fraction of sp³-hybridized carbons (Fsp3) is 0.444. The maximum absolute atomic E-state index is 5.92. The molecular formula is C9H14N2S. The van der Waals surface area contributed by atoms with Gasteiger partial charge in [0.05, 0.1) is 0 Å². The average Bonchev–Trinajstić information content (AvgIpc) is 2.05. The van der Waals surface area contributed by atoms with Crippen molar-refractivity contribution in [3.63, 3.8) is 0 Å². The van der Waals surface area contributed by atoms with E-state index in [9.17, 15) is 0 Å². The molecule has 0 saturated heterocycles. The number of aromatic nitrogens is 1. The Morgan fingerprint density at radius 2 is 2.33 bits per heavy atom. The van der Waals surface area contributed by atoms with Gasteiger partial charge in [-0.15, -0.1) is 0 Å². The maximum Gasteiger partial charge on any atom is 0.0375 e. The van der Waals surface area contributed by atoms with E-state index in [4.69, 9.17) is 5.14 Å². The van der Waals surface area contributed by atoms with Crippen LogP contribution in [0.4, 0.5) is 0 Å². The van der Waals surface area contributed by atoms with Crippen molar-refractivity contribution in [1.29, 1.82) is 0 Å². The predicted octanol–water partition coefficient (Wildman–Crippen LogP) is 1.32. The third-order valence-electron chi connectivity index (χ3n) is 2.26. The molecule has 1 atom stereocenters. The molecule has 0 fully saturated rings. The van der Waals surface area contributed by atoms with Crippen LogP contribution in [0.25, 0.3) is 0 Å². The molecule has 0 spiro atoms. The molecule has 1 aliphatic rings. The lowest BCUT2D eigenvalue weighted by atomic mass is 10.1. The smallest absolute Gasteiger partial charge is 0.0375 e. The van der Waals surface area contributed by atoms with E-state index in [-0.39, 0.29) is 11.1 Å². The third kappa shape index (κ3) is 1.47. The minimum absolute atomic E-state index is 0.228. The van der Waals surface area contributed by atoms with E-state index in [0.29, 0.717) is 0 Å². The van der Waals surface area contributed by atoms with Gasteiger partial charge in [0.15, 0.2) is 0 Å². The molecule has 12 heavy (non-hydrogen) atoms. The van der Waals surface area contributed by atoms with Gasteiger partial charge < -0.3 is 0 Å². The molecule has 1 aromatic heterocycles. The number of fused-ring (bicyclic) bond motifs is 1. The Bertz CT molecular complexity index is 299. The summed E-state index contributed by atoms with van der Waals surface area (Å²) in [4.78, 5) is 4.28. The van der Waals surface area contributed by atoms with Crippen LogP contribution in [0.1, 0.15) is 16.8 Å². The number of thiol groups is 1. The number of aryl methyl sites for hydroxylation is 2. The first kappa shape index (κ1) is 8.08. The molecule has 0 aromatic carbocycles. The second kappa shape index (κ2) is 3.07. The molecule has 2 heterocycles. The van der Waals surface area contributed by atoms with Gasteiger partial charge in [0, 0.05) is 17.6 Å². The van der Waals surface area contributed by atoms with Crippen LogP contribution < -0.4 is 5.14 Å². The van der Waals surface area contributed by atoms with Crippen LogP contribution in [0.15, 0.2) is 12.3 Å². The van der Waals surface area contributed by atoms with Crippen molar-refractivity contribution in [2.75, 3.05) is 5.75 Å². The molecule has 2 rings (SSSR count). The molecular weight excluding hydrogens is 168 g/mol. The topological polar surface area (TPSA) is 38.9 Å². The Morgan fingerprint density at radius 3 is 3.17 bits per heavy atom. The summed E-state index contributed by atoms with van der Waals surface area (Å²) < 4.78 is 0. The third-order valence-corrected chi connectivity index (χ3v) is 3.81. The van der Waals surface area contributed by atoms with E-state index in [2.05, 4.69) is 11.1 Å². The van der Waals surface area contributed by atoms with E-state index in [1.54, 1.807) is 0 Å². The average molecular weight is 182 g/mol. The highest BCUT2D eigenvalue weighted by Gasteiger charge is 2.12. The molecule has 0 bridgehead atoms. The van der Waals surface area contributed by atoms with E-state index >= 15 is 0 Å². The monoisotopic (exact) mass is 182 g/mol. The number of rotatable bonds is 0. The molecule has 0 amide bonds. The molecule has 0 radical (unpaired) electrons. The lowest BCUT2D eigenvalue weighted by Crippen LogP contribution is -2.13. The highest BCUT2D eigenvalue weighted by Crippen LogP contribution is 2.30. The molecule has 3 heteroatoms. The molecule has 0 aliphatic carbocycles. The van der Waals surface area contributed by atoms with E-state index in [0.717, 1.165) is 17.9 Å². The molecule has 66 valence electrons. The van der Waals surface area contributed by atoms with Crippen LogP contribution in [-0.4, -0.2) is 10.7 Å². The molecule has 1 aromatic rings. The predicted molar refractivity (Wildman–Crippen MR) is 54.4 cm³/mol. The van der Waals surface area contributed by atoms with Crippen LogP contribution in [0.3, 0.4) is 0 Å². The summed E-state index contributed by atoms with van der Waals surface area (Å²) in [6.07, 6.45) is 3.15. The lowest BCUT2D eigenvalue weighted by molar-refractivity contribution is 1.02. The zero-order chi connectivity index (χ0) is 8.55. The van der Waals surface area contributed by atoms with Crippen LogP contribution in [0.2, 0.25) is 0 Å². The minimum atomic E-state index is -0.228. The standard InChI is InChI=1S/C9H14N2S/c1-7-4-8-2-3-12(10)6-9(8)5-11-7/h4-5,12H,2-3,6,10H2,1H3. The Labute approximate surface area is 75.7 Å². The van der Waals surface area contributed by atoms with Gasteiger partial charge in [0.2, 0.25) is 0 Å². The van der Waals surface area contributed by atoms with Crippen molar-refractivity contribution in [2.45, 2.75) is 19.1 Å². The first-order valence-corrected chi connectivity index (χ1v) is 5.98. The van der Waals surface area contributed by atoms with Crippen LogP contribution in [0, 0.1) is 6.92 Å². The van der Waals surface area contributed by atoms with Crippen LogP contribution >= 0.6 is 11.1 Å². The summed E-state index contributed by atoms with van der Waals surface area (Å²) in [5.74, 6) is 2.25. The van der Waals surface area contributed by atoms with E-state index in [1.807, 2.05) is 13.1 Å². The van der Waals surface area contributed by atoms with Gasteiger partial charge in [-0.3, -0.25) is 10.1 Å². The number of pyridine rings is 1. The Balaban J connectivity index is 2.37. The van der Waals surface area contributed by atoms with Crippen molar-refractivity contribution in [3.8, 4) is 0 Å². The lowest BCUT2D eigenvalue weighted by Gasteiger charge is -2.24. The summed E-state index contributed by atoms with van der Waals surface area (Å²) >= 11 is -0.228. The fourth-order valence-electron chi connectivity index (χ4n) is 1.58. The van der Waals surface area contributed by atoms with Crippen molar-refractivity contribution in [2.24, 2.45) is 5.14 Å². The number of hydrogen-bond donors (Lipinski definition) is 2. The zero-order valence-corrected chi connectivity index (χ0v) is 8.14. The summed E-state index contributed by atoms with van der Waals surface area (Å²) in [6, 6.07) is 2.19. The van der Waals surface area contributed by atoms with Gasteiger partial charge in [-0.05, 0) is 36.3 Å². The molecule has 1 unspecified atom stereocenters. The van der Waals surface area contributed by atoms with E-state index < -0.39 is 0 Å². The number of hydrogen-bond acceptors (Lipinski definition) is 2. The van der Waals surface area contributed by atoms with Gasteiger partial charge in [-0.2, -0.15) is 0 Å². The molecule has 1 aliphatic heterocycles. The van der Waals surface area contributed by atoms with Crippen molar-refractivity contribution < 1.29 is 0 Å². The highest BCUT2D eigenvalue weighted by atomic mass is 32.2. The fourth-order valence-corrected chi connectivity index (χ4v) is 2.99. The van der Waals surface area contributed by atoms with Gasteiger partial charge in [0.25, 0.3) is 0 Å². The molecule has 2 N–H and O–H groups in total. The number of nitrogens with zero attached hydrogens (tertiary/aromatic N) is 1. The maximum atomic E-state index is 5.92. The zero-order valence-electron chi connectivity index (χ0n) is 7.25.